The van der Waals surface area contributed by atoms with Crippen LogP contribution in [-0.2, 0) is 11.2 Å². The van der Waals surface area contributed by atoms with E-state index in [1.165, 1.54) is 0 Å². The summed E-state index contributed by atoms with van der Waals surface area (Å²) in [4.78, 5) is 14.2. The Labute approximate surface area is 95.2 Å². The number of halogens is 2. The third kappa shape index (κ3) is 3.64. The lowest BCUT2D eigenvalue weighted by atomic mass is 10.1. The average molecular weight is 279 g/mol. The largest absolute Gasteiger partial charge is 0.481 e. The van der Waals surface area contributed by atoms with E-state index in [0.29, 0.717) is 18.0 Å². The molecule has 0 aliphatic heterocycles. The molecule has 1 N–H and O–H groups in total. The molecule has 0 spiro atoms. The number of hydrogen-bond donors (Lipinski definition) is 1. The fourth-order valence-corrected chi connectivity index (χ4v) is 1.67. The molecule has 1 aromatic heterocycles. The van der Waals surface area contributed by atoms with Gasteiger partial charge in [-0.05, 0) is 40.4 Å². The van der Waals surface area contributed by atoms with Gasteiger partial charge in [0.1, 0.15) is 5.15 Å². The van der Waals surface area contributed by atoms with Crippen LogP contribution in [0.3, 0.4) is 0 Å². The van der Waals surface area contributed by atoms with Crippen LogP contribution in [0.15, 0.2) is 16.7 Å². The molecular formula is C9H9BrClNO2. The van der Waals surface area contributed by atoms with Crippen molar-refractivity contribution in [2.24, 2.45) is 0 Å². The highest BCUT2D eigenvalue weighted by Crippen LogP contribution is 2.20. The summed E-state index contributed by atoms with van der Waals surface area (Å²) in [6.07, 6.45) is 3.09. The van der Waals surface area contributed by atoms with Gasteiger partial charge in [0.15, 0.2) is 0 Å². The molecule has 0 unspecified atom stereocenters. The van der Waals surface area contributed by atoms with E-state index >= 15 is 0 Å². The number of nitrogens with zero attached hydrogens (tertiary/aromatic N) is 1. The van der Waals surface area contributed by atoms with Gasteiger partial charge in [-0.25, -0.2) is 4.98 Å². The molecule has 1 aromatic rings. The summed E-state index contributed by atoms with van der Waals surface area (Å²) < 4.78 is 0.868. The number of aliphatic carboxylic acids is 1. The van der Waals surface area contributed by atoms with E-state index in [0.717, 1.165) is 10.0 Å². The van der Waals surface area contributed by atoms with Crippen LogP contribution in [0.5, 0.6) is 0 Å². The van der Waals surface area contributed by atoms with Gasteiger partial charge in [0.25, 0.3) is 0 Å². The molecule has 0 radical (unpaired) electrons. The summed E-state index contributed by atoms with van der Waals surface area (Å²) >= 11 is 9.04. The Balaban J connectivity index is 2.57. The summed E-state index contributed by atoms with van der Waals surface area (Å²) in [5.41, 5.74) is 0.992. The number of aromatic nitrogens is 1. The molecule has 14 heavy (non-hydrogen) atoms. The van der Waals surface area contributed by atoms with Crippen molar-refractivity contribution in [1.29, 1.82) is 0 Å². The summed E-state index contributed by atoms with van der Waals surface area (Å²) in [6.45, 7) is 0. The quantitative estimate of drug-likeness (QED) is 0.862. The molecule has 0 fully saturated rings. The second-order valence-corrected chi connectivity index (χ2v) is 4.09. The predicted octanol–water partition coefficient (Wildman–Crippen LogP) is 2.90. The Morgan fingerprint density at radius 1 is 1.64 bits per heavy atom. The van der Waals surface area contributed by atoms with Crippen molar-refractivity contribution in [2.75, 3.05) is 0 Å². The first-order chi connectivity index (χ1) is 6.59. The predicted molar refractivity (Wildman–Crippen MR) is 57.5 cm³/mol. The van der Waals surface area contributed by atoms with Crippen LogP contribution in [0.25, 0.3) is 0 Å². The minimum Gasteiger partial charge on any atom is -0.481 e. The second-order valence-electron chi connectivity index (χ2n) is 2.85. The van der Waals surface area contributed by atoms with Crippen molar-refractivity contribution >= 4 is 33.5 Å². The van der Waals surface area contributed by atoms with E-state index in [1.807, 2.05) is 0 Å². The number of aryl methyl sites for hydroxylation is 1. The van der Waals surface area contributed by atoms with Crippen LogP contribution >= 0.6 is 27.5 Å². The van der Waals surface area contributed by atoms with Crippen LogP contribution < -0.4 is 0 Å². The van der Waals surface area contributed by atoms with E-state index in [2.05, 4.69) is 20.9 Å². The van der Waals surface area contributed by atoms with Crippen LogP contribution in [0, 0.1) is 0 Å². The maximum atomic E-state index is 10.3. The molecule has 76 valence electrons. The number of carboxylic acid groups (broad SMARTS) is 1. The third-order valence-corrected chi connectivity index (χ3v) is 2.66. The van der Waals surface area contributed by atoms with E-state index in [4.69, 9.17) is 16.7 Å². The molecule has 0 saturated heterocycles. The lowest BCUT2D eigenvalue weighted by Gasteiger charge is -2.02. The SMILES string of the molecule is O=C(O)CCCc1cc(Cl)ncc1Br. The van der Waals surface area contributed by atoms with E-state index < -0.39 is 5.97 Å². The fourth-order valence-electron chi connectivity index (χ4n) is 1.07. The average Bonchev–Trinajstić information content (AvgIpc) is 2.10. The highest BCUT2D eigenvalue weighted by atomic mass is 79.9. The first-order valence-electron chi connectivity index (χ1n) is 4.11. The molecular weight excluding hydrogens is 269 g/mol. The molecule has 0 bridgehead atoms. The summed E-state index contributed by atoms with van der Waals surface area (Å²) in [6, 6.07) is 1.74. The molecule has 0 saturated carbocycles. The van der Waals surface area contributed by atoms with Crippen LogP contribution in [0.1, 0.15) is 18.4 Å². The molecule has 0 aliphatic rings. The second kappa shape index (κ2) is 5.32. The summed E-state index contributed by atoms with van der Waals surface area (Å²) in [7, 11) is 0. The molecule has 0 amide bonds. The zero-order valence-corrected chi connectivity index (χ0v) is 9.68. The van der Waals surface area contributed by atoms with E-state index in [9.17, 15) is 4.79 Å². The number of rotatable bonds is 4. The molecule has 0 aliphatic carbocycles. The summed E-state index contributed by atoms with van der Waals surface area (Å²) in [5.74, 6) is -0.777. The third-order valence-electron chi connectivity index (χ3n) is 1.74. The van der Waals surface area contributed by atoms with Crippen molar-refractivity contribution in [3.8, 4) is 0 Å². The Morgan fingerprint density at radius 2 is 2.36 bits per heavy atom. The summed E-state index contributed by atoms with van der Waals surface area (Å²) in [5, 5.41) is 8.89. The Bertz CT molecular complexity index is 344. The monoisotopic (exact) mass is 277 g/mol. The normalized spacial score (nSPS) is 10.1. The van der Waals surface area contributed by atoms with Crippen molar-refractivity contribution in [3.05, 3.63) is 27.5 Å². The van der Waals surface area contributed by atoms with Gasteiger partial charge in [0, 0.05) is 17.1 Å². The first kappa shape index (κ1) is 11.5. The maximum Gasteiger partial charge on any atom is 0.303 e. The van der Waals surface area contributed by atoms with Gasteiger partial charge in [0.05, 0.1) is 0 Å². The van der Waals surface area contributed by atoms with Crippen LogP contribution in [0.4, 0.5) is 0 Å². The zero-order valence-electron chi connectivity index (χ0n) is 7.33. The van der Waals surface area contributed by atoms with Crippen LogP contribution in [0.2, 0.25) is 5.15 Å². The lowest BCUT2D eigenvalue weighted by Crippen LogP contribution is -1.96. The van der Waals surface area contributed by atoms with Gasteiger partial charge in [-0.3, -0.25) is 4.79 Å². The zero-order chi connectivity index (χ0) is 10.6. The highest BCUT2D eigenvalue weighted by molar-refractivity contribution is 9.10. The maximum absolute atomic E-state index is 10.3. The van der Waals surface area contributed by atoms with Crippen molar-refractivity contribution in [3.63, 3.8) is 0 Å². The van der Waals surface area contributed by atoms with E-state index in [-0.39, 0.29) is 6.42 Å². The van der Waals surface area contributed by atoms with Gasteiger partial charge >= 0.3 is 5.97 Å². The molecule has 1 rings (SSSR count). The van der Waals surface area contributed by atoms with Gasteiger partial charge in [0.2, 0.25) is 0 Å². The Hall–Kier alpha value is -0.610. The van der Waals surface area contributed by atoms with Gasteiger partial charge < -0.3 is 5.11 Å². The standard InChI is InChI=1S/C9H9BrClNO2/c10-7-5-12-8(11)4-6(7)2-1-3-9(13)14/h4-5H,1-3H2,(H,13,14). The smallest absolute Gasteiger partial charge is 0.303 e. The van der Waals surface area contributed by atoms with E-state index in [1.54, 1.807) is 12.3 Å². The first-order valence-corrected chi connectivity index (χ1v) is 5.28. The topological polar surface area (TPSA) is 50.2 Å². The molecule has 5 heteroatoms. The number of hydrogen-bond acceptors (Lipinski definition) is 2. The number of pyridine rings is 1. The van der Waals surface area contributed by atoms with Crippen molar-refractivity contribution in [2.45, 2.75) is 19.3 Å². The Kier molecular flexibility index (Phi) is 4.35. The lowest BCUT2D eigenvalue weighted by molar-refractivity contribution is -0.137. The number of carbonyl (C=O) groups is 1. The molecule has 1 heterocycles. The fraction of sp³-hybridized carbons (Fsp3) is 0.333. The van der Waals surface area contributed by atoms with Gasteiger partial charge in [-0.15, -0.1) is 0 Å². The Morgan fingerprint density at radius 3 is 3.00 bits per heavy atom. The number of carboxylic acids is 1. The molecule has 3 nitrogen and oxygen atoms in total. The molecule has 0 aromatic carbocycles. The van der Waals surface area contributed by atoms with Gasteiger partial charge in [-0.2, -0.15) is 0 Å². The van der Waals surface area contributed by atoms with Crippen LogP contribution in [-0.4, -0.2) is 16.1 Å². The minimum atomic E-state index is -0.777. The van der Waals surface area contributed by atoms with Gasteiger partial charge in [-0.1, -0.05) is 11.6 Å². The van der Waals surface area contributed by atoms with Crippen molar-refractivity contribution in [1.82, 2.24) is 4.98 Å². The molecule has 0 atom stereocenters. The van der Waals surface area contributed by atoms with Crippen molar-refractivity contribution < 1.29 is 9.90 Å². The minimum absolute atomic E-state index is 0.173. The highest BCUT2D eigenvalue weighted by Gasteiger charge is 2.03.